The predicted octanol–water partition coefficient (Wildman–Crippen LogP) is -2.01. The van der Waals surface area contributed by atoms with Crippen molar-refractivity contribution in [3.05, 3.63) is 0 Å². The van der Waals surface area contributed by atoms with Gasteiger partial charge in [0, 0.05) is 0 Å². The van der Waals surface area contributed by atoms with E-state index in [4.69, 9.17) is 0 Å². The molecule has 0 rings (SSSR count). The maximum atomic E-state index is 10.4. The molecule has 0 saturated heterocycles. The monoisotopic (exact) mass is 204 g/mol. The minimum absolute atomic E-state index is 1.17. The van der Waals surface area contributed by atoms with Crippen LogP contribution in [-0.2, 0) is 19.4 Å². The summed E-state index contributed by atoms with van der Waals surface area (Å²) in [6, 6.07) is 0. The van der Waals surface area contributed by atoms with Crippen LogP contribution in [0.3, 0.4) is 0 Å². The van der Waals surface area contributed by atoms with Gasteiger partial charge in [0.1, 0.15) is 11.2 Å². The first kappa shape index (κ1) is 12.9. The molecule has 0 fully saturated rings. The molecule has 0 unspecified atom stereocenters. The quantitative estimate of drug-likeness (QED) is 0.379. The summed E-state index contributed by atoms with van der Waals surface area (Å²) < 4.78 is 0. The number of aliphatic carboxylic acids is 2. The first-order valence-electron chi connectivity index (χ1n) is 3.89. The lowest BCUT2D eigenvalue weighted by Crippen LogP contribution is -2.51. The van der Waals surface area contributed by atoms with Crippen LogP contribution < -0.4 is 10.2 Å². The van der Waals surface area contributed by atoms with Gasteiger partial charge in [0.15, 0.2) is 0 Å². The zero-order valence-corrected chi connectivity index (χ0v) is 8.45. The van der Waals surface area contributed by atoms with E-state index in [1.807, 2.05) is 0 Å². The number of rotatable bonds is 5. The molecule has 0 aromatic heterocycles. The Hall–Kier alpha value is -1.14. The average molecular weight is 204 g/mol. The second-order valence-corrected chi connectivity index (χ2v) is 3.76. The normalized spacial score (nSPS) is 12.6. The van der Waals surface area contributed by atoms with Gasteiger partial charge in [0.2, 0.25) is 0 Å². The molecule has 0 amide bonds. The van der Waals surface area contributed by atoms with E-state index in [9.17, 15) is 19.8 Å². The third-order valence-corrected chi connectivity index (χ3v) is 1.44. The van der Waals surface area contributed by atoms with Crippen LogP contribution in [0, 0.1) is 0 Å². The van der Waals surface area contributed by atoms with Crippen LogP contribution in [0.25, 0.3) is 0 Å². The molecule has 0 aliphatic heterocycles. The van der Waals surface area contributed by atoms with Crippen molar-refractivity contribution in [3.8, 4) is 0 Å². The topological polar surface area (TPSA) is 98.7 Å². The van der Waals surface area contributed by atoms with E-state index < -0.39 is 23.1 Å². The summed E-state index contributed by atoms with van der Waals surface area (Å²) in [5.41, 5.74) is -3.43. The Kier molecular flexibility index (Phi) is 3.61. The van der Waals surface area contributed by atoms with E-state index in [2.05, 4.69) is 9.78 Å². The number of carboxylic acids is 2. The third kappa shape index (κ3) is 3.31. The number of carbonyl (C=O) groups excluding carboxylic acids is 2. The smallest absolute Gasteiger partial charge is 0.137 e. The Morgan fingerprint density at radius 3 is 1.21 bits per heavy atom. The number of hydrogen-bond acceptors (Lipinski definition) is 6. The highest BCUT2D eigenvalue weighted by atomic mass is 17.2. The van der Waals surface area contributed by atoms with Crippen molar-refractivity contribution in [1.29, 1.82) is 0 Å². The summed E-state index contributed by atoms with van der Waals surface area (Å²) in [7, 11) is 0. The molecule has 14 heavy (non-hydrogen) atoms. The Balaban J connectivity index is 4.32. The van der Waals surface area contributed by atoms with Crippen molar-refractivity contribution in [2.24, 2.45) is 0 Å². The highest BCUT2D eigenvalue weighted by Crippen LogP contribution is 2.15. The SMILES string of the molecule is CC(C)(OOC(C)(C)C(=O)[O-])C(=O)[O-]. The fourth-order valence-electron chi connectivity index (χ4n) is 0.276. The van der Waals surface area contributed by atoms with Crippen LogP contribution in [0.4, 0.5) is 0 Å². The zero-order valence-electron chi connectivity index (χ0n) is 8.45. The molecule has 0 atom stereocenters. The van der Waals surface area contributed by atoms with Crippen LogP contribution in [0.15, 0.2) is 0 Å². The number of carbonyl (C=O) groups is 2. The molecule has 82 valence electrons. The van der Waals surface area contributed by atoms with Gasteiger partial charge in [0.25, 0.3) is 0 Å². The molecule has 0 aromatic carbocycles. The van der Waals surface area contributed by atoms with Gasteiger partial charge in [-0.3, -0.25) is 0 Å². The lowest BCUT2D eigenvalue weighted by Gasteiger charge is -2.31. The molecule has 0 radical (unpaired) electrons. The molecular weight excluding hydrogens is 192 g/mol. The van der Waals surface area contributed by atoms with Crippen molar-refractivity contribution in [3.63, 3.8) is 0 Å². The van der Waals surface area contributed by atoms with Crippen LogP contribution >= 0.6 is 0 Å². The van der Waals surface area contributed by atoms with E-state index in [1.54, 1.807) is 0 Å². The van der Waals surface area contributed by atoms with Gasteiger partial charge in [0.05, 0.1) is 11.9 Å². The van der Waals surface area contributed by atoms with E-state index in [-0.39, 0.29) is 0 Å². The van der Waals surface area contributed by atoms with Gasteiger partial charge in [-0.25, -0.2) is 9.78 Å². The Labute approximate surface area is 81.4 Å². The van der Waals surface area contributed by atoms with Gasteiger partial charge in [-0.2, -0.15) is 0 Å². The maximum Gasteiger partial charge on any atom is 0.137 e. The van der Waals surface area contributed by atoms with Gasteiger partial charge in [-0.15, -0.1) is 0 Å². The first-order chi connectivity index (χ1) is 6.09. The molecule has 0 aliphatic rings. The molecule has 0 heterocycles. The lowest BCUT2D eigenvalue weighted by molar-refractivity contribution is -0.426. The van der Waals surface area contributed by atoms with Gasteiger partial charge >= 0.3 is 0 Å². The molecule has 0 aromatic rings. The summed E-state index contributed by atoms with van der Waals surface area (Å²) in [6.07, 6.45) is 0. The van der Waals surface area contributed by atoms with Crippen molar-refractivity contribution < 1.29 is 29.6 Å². The molecule has 0 spiro atoms. The molecule has 0 N–H and O–H groups in total. The van der Waals surface area contributed by atoms with E-state index >= 15 is 0 Å². The molecule has 6 heteroatoms. The summed E-state index contributed by atoms with van der Waals surface area (Å²) in [6.45, 7) is 4.70. The minimum atomic E-state index is -1.72. The average Bonchev–Trinajstić information content (AvgIpc) is 2.01. The van der Waals surface area contributed by atoms with Crippen LogP contribution in [0.2, 0.25) is 0 Å². The van der Waals surface area contributed by atoms with E-state index in [0.29, 0.717) is 0 Å². The van der Waals surface area contributed by atoms with Crippen molar-refractivity contribution in [2.75, 3.05) is 0 Å². The Morgan fingerprint density at radius 2 is 1.07 bits per heavy atom. The van der Waals surface area contributed by atoms with Gasteiger partial charge in [-0.05, 0) is 27.7 Å². The molecular formula is C8H12O6-2. The fraction of sp³-hybridized carbons (Fsp3) is 0.750. The van der Waals surface area contributed by atoms with Gasteiger partial charge in [-0.1, -0.05) is 0 Å². The van der Waals surface area contributed by atoms with Crippen LogP contribution in [-0.4, -0.2) is 23.1 Å². The van der Waals surface area contributed by atoms with Crippen molar-refractivity contribution in [1.82, 2.24) is 0 Å². The first-order valence-corrected chi connectivity index (χ1v) is 3.89. The second-order valence-electron chi connectivity index (χ2n) is 3.76. The predicted molar refractivity (Wildman–Crippen MR) is 40.3 cm³/mol. The maximum absolute atomic E-state index is 10.4. The molecule has 0 aliphatic carbocycles. The highest BCUT2D eigenvalue weighted by Gasteiger charge is 2.28. The molecule has 0 bridgehead atoms. The van der Waals surface area contributed by atoms with Crippen molar-refractivity contribution in [2.45, 2.75) is 38.9 Å². The summed E-state index contributed by atoms with van der Waals surface area (Å²) in [5.74, 6) is -3.02. The van der Waals surface area contributed by atoms with Crippen LogP contribution in [0.5, 0.6) is 0 Å². The fourth-order valence-corrected chi connectivity index (χ4v) is 0.276. The summed E-state index contributed by atoms with van der Waals surface area (Å²) >= 11 is 0. The number of hydrogen-bond donors (Lipinski definition) is 0. The standard InChI is InChI=1S/C8H14O6/c1-7(2,5(9)10)13-14-8(3,4)6(11)12/h1-4H3,(H,9,10)(H,11,12)/p-2. The molecule has 6 nitrogen and oxygen atoms in total. The molecule has 0 saturated carbocycles. The van der Waals surface area contributed by atoms with Gasteiger partial charge < -0.3 is 19.8 Å². The highest BCUT2D eigenvalue weighted by molar-refractivity contribution is 5.75. The van der Waals surface area contributed by atoms with Crippen LogP contribution in [0.1, 0.15) is 27.7 Å². The summed E-state index contributed by atoms with van der Waals surface area (Å²) in [5, 5.41) is 20.9. The Morgan fingerprint density at radius 1 is 0.857 bits per heavy atom. The minimum Gasteiger partial charge on any atom is -0.547 e. The zero-order chi connectivity index (χ0) is 11.6. The lowest BCUT2D eigenvalue weighted by atomic mass is 10.1. The third-order valence-electron chi connectivity index (χ3n) is 1.44. The van der Waals surface area contributed by atoms with Crippen molar-refractivity contribution >= 4 is 11.9 Å². The van der Waals surface area contributed by atoms with E-state index in [1.165, 1.54) is 27.7 Å². The number of carboxylic acid groups (broad SMARTS) is 2. The largest absolute Gasteiger partial charge is 0.547 e. The summed E-state index contributed by atoms with van der Waals surface area (Å²) in [4.78, 5) is 29.7. The van der Waals surface area contributed by atoms with E-state index in [0.717, 1.165) is 0 Å². The second kappa shape index (κ2) is 3.93. The Bertz CT molecular complexity index is 216.